The van der Waals surface area contributed by atoms with Crippen LogP contribution in [0.1, 0.15) is 19.8 Å². The highest BCUT2D eigenvalue weighted by atomic mass is 32.2. The number of halogens is 2. The first kappa shape index (κ1) is 17.2. The van der Waals surface area contributed by atoms with Crippen LogP contribution in [0.15, 0.2) is 23.1 Å². The number of amides is 1. The molecule has 1 saturated heterocycles. The van der Waals surface area contributed by atoms with Gasteiger partial charge in [-0.15, -0.1) is 11.8 Å². The minimum atomic E-state index is -0.877. The quantitative estimate of drug-likeness (QED) is 0.777. The third-order valence-electron chi connectivity index (χ3n) is 4.20. The van der Waals surface area contributed by atoms with Crippen molar-refractivity contribution in [3.8, 4) is 0 Å². The van der Waals surface area contributed by atoms with E-state index in [1.165, 1.54) is 17.8 Å². The van der Waals surface area contributed by atoms with Crippen molar-refractivity contribution in [2.75, 3.05) is 32.4 Å². The monoisotopic (exact) mass is 328 g/mol. The van der Waals surface area contributed by atoms with E-state index in [1.54, 1.807) is 4.90 Å². The molecule has 3 nitrogen and oxygen atoms in total. The van der Waals surface area contributed by atoms with Gasteiger partial charge in [-0.05, 0) is 37.6 Å². The lowest BCUT2D eigenvalue weighted by atomic mass is 10.0. The molecule has 22 heavy (non-hydrogen) atoms. The number of nitrogens with zero attached hydrogens (tertiary/aromatic N) is 2. The van der Waals surface area contributed by atoms with Gasteiger partial charge in [0.1, 0.15) is 0 Å². The molecule has 0 atom stereocenters. The standard InChI is InChI=1S/C16H22F2N2OS/c1-3-20-8-6-12(7-9-20)19(2)16(21)11-22-13-4-5-14(17)15(18)10-13/h4-5,10,12H,3,6-9,11H2,1-2H3. The second-order valence-electron chi connectivity index (χ2n) is 5.53. The van der Waals surface area contributed by atoms with Crippen molar-refractivity contribution in [3.05, 3.63) is 29.8 Å². The average molecular weight is 328 g/mol. The Bertz CT molecular complexity index is 519. The van der Waals surface area contributed by atoms with Gasteiger partial charge in [0.05, 0.1) is 5.75 Å². The lowest BCUT2D eigenvalue weighted by molar-refractivity contribution is -0.129. The molecule has 0 spiro atoms. The molecule has 122 valence electrons. The molecule has 1 aromatic rings. The van der Waals surface area contributed by atoms with Crippen LogP contribution in [-0.4, -0.2) is 54.2 Å². The summed E-state index contributed by atoms with van der Waals surface area (Å²) in [6, 6.07) is 4.00. The van der Waals surface area contributed by atoms with Gasteiger partial charge in [0, 0.05) is 31.1 Å². The summed E-state index contributed by atoms with van der Waals surface area (Å²) in [5.74, 6) is -1.46. The molecule has 1 heterocycles. The topological polar surface area (TPSA) is 23.6 Å². The third-order valence-corrected chi connectivity index (χ3v) is 5.18. The zero-order valence-electron chi connectivity index (χ0n) is 13.0. The van der Waals surface area contributed by atoms with E-state index in [0.717, 1.165) is 44.6 Å². The first-order valence-corrected chi connectivity index (χ1v) is 8.55. The Labute approximate surface area is 134 Å². The normalized spacial score (nSPS) is 16.7. The van der Waals surface area contributed by atoms with E-state index in [4.69, 9.17) is 0 Å². The molecule has 0 radical (unpaired) electrons. The largest absolute Gasteiger partial charge is 0.342 e. The highest BCUT2D eigenvalue weighted by molar-refractivity contribution is 8.00. The number of thioether (sulfide) groups is 1. The number of carbonyl (C=O) groups excluding carboxylic acids is 1. The van der Waals surface area contributed by atoms with E-state index in [1.807, 2.05) is 7.05 Å². The molecule has 1 aliphatic rings. The first-order chi connectivity index (χ1) is 10.5. The fourth-order valence-corrected chi connectivity index (χ4v) is 3.48. The molecule has 1 fully saturated rings. The number of hydrogen-bond donors (Lipinski definition) is 0. The zero-order valence-corrected chi connectivity index (χ0v) is 13.8. The minimum Gasteiger partial charge on any atom is -0.342 e. The maximum absolute atomic E-state index is 13.1. The van der Waals surface area contributed by atoms with Crippen molar-refractivity contribution in [2.24, 2.45) is 0 Å². The second kappa shape index (κ2) is 7.92. The predicted molar refractivity (Wildman–Crippen MR) is 85.0 cm³/mol. The van der Waals surface area contributed by atoms with Crippen molar-refractivity contribution >= 4 is 17.7 Å². The number of carbonyl (C=O) groups is 1. The third kappa shape index (κ3) is 4.43. The van der Waals surface area contributed by atoms with Gasteiger partial charge in [0.2, 0.25) is 5.91 Å². The van der Waals surface area contributed by atoms with Gasteiger partial charge in [0.15, 0.2) is 11.6 Å². The van der Waals surface area contributed by atoms with Crippen LogP contribution >= 0.6 is 11.8 Å². The molecule has 0 saturated carbocycles. The predicted octanol–water partition coefficient (Wildman–Crippen LogP) is 3.00. The molecular weight excluding hydrogens is 306 g/mol. The smallest absolute Gasteiger partial charge is 0.232 e. The number of piperidine rings is 1. The van der Waals surface area contributed by atoms with E-state index in [2.05, 4.69) is 11.8 Å². The zero-order chi connectivity index (χ0) is 16.1. The average Bonchev–Trinajstić information content (AvgIpc) is 2.55. The van der Waals surface area contributed by atoms with Crippen molar-refractivity contribution in [1.29, 1.82) is 0 Å². The second-order valence-corrected chi connectivity index (χ2v) is 6.58. The summed E-state index contributed by atoms with van der Waals surface area (Å²) in [6.07, 6.45) is 1.98. The first-order valence-electron chi connectivity index (χ1n) is 7.57. The Morgan fingerprint density at radius 2 is 2.00 bits per heavy atom. The fourth-order valence-electron chi connectivity index (χ4n) is 2.64. The number of rotatable bonds is 5. The van der Waals surface area contributed by atoms with Gasteiger partial charge < -0.3 is 9.80 Å². The Balaban J connectivity index is 1.82. The molecular formula is C16H22F2N2OS. The lowest BCUT2D eigenvalue weighted by Crippen LogP contribution is -2.46. The number of hydrogen-bond acceptors (Lipinski definition) is 3. The van der Waals surface area contributed by atoms with Crippen LogP contribution in [0.5, 0.6) is 0 Å². The maximum atomic E-state index is 13.1. The van der Waals surface area contributed by atoms with Gasteiger partial charge in [-0.1, -0.05) is 6.92 Å². The Hall–Kier alpha value is -1.14. The summed E-state index contributed by atoms with van der Waals surface area (Å²) in [5, 5.41) is 0. The van der Waals surface area contributed by atoms with E-state index in [9.17, 15) is 13.6 Å². The van der Waals surface area contributed by atoms with Crippen LogP contribution in [0.4, 0.5) is 8.78 Å². The highest BCUT2D eigenvalue weighted by Crippen LogP contribution is 2.22. The molecule has 0 aliphatic carbocycles. The Morgan fingerprint density at radius 1 is 1.32 bits per heavy atom. The SMILES string of the molecule is CCN1CCC(N(C)C(=O)CSc2ccc(F)c(F)c2)CC1. The molecule has 6 heteroatoms. The van der Waals surface area contributed by atoms with Crippen molar-refractivity contribution in [1.82, 2.24) is 9.80 Å². The minimum absolute atomic E-state index is 0.0321. The Kier molecular flexibility index (Phi) is 6.20. The van der Waals surface area contributed by atoms with Crippen molar-refractivity contribution in [3.63, 3.8) is 0 Å². The van der Waals surface area contributed by atoms with Gasteiger partial charge in [-0.3, -0.25) is 4.79 Å². The molecule has 0 aromatic heterocycles. The van der Waals surface area contributed by atoms with Gasteiger partial charge >= 0.3 is 0 Å². The van der Waals surface area contributed by atoms with Crippen LogP contribution in [0.2, 0.25) is 0 Å². The van der Waals surface area contributed by atoms with E-state index >= 15 is 0 Å². The molecule has 0 N–H and O–H groups in total. The van der Waals surface area contributed by atoms with Gasteiger partial charge in [-0.25, -0.2) is 8.78 Å². The fraction of sp³-hybridized carbons (Fsp3) is 0.562. The van der Waals surface area contributed by atoms with E-state index in [-0.39, 0.29) is 17.7 Å². The Morgan fingerprint density at radius 3 is 2.59 bits per heavy atom. The number of benzene rings is 1. The summed E-state index contributed by atoms with van der Waals surface area (Å²) in [7, 11) is 1.83. The van der Waals surface area contributed by atoms with Crippen LogP contribution in [-0.2, 0) is 4.79 Å². The molecule has 1 aliphatic heterocycles. The van der Waals surface area contributed by atoms with Crippen molar-refractivity contribution in [2.45, 2.75) is 30.7 Å². The van der Waals surface area contributed by atoms with E-state index in [0.29, 0.717) is 4.90 Å². The highest BCUT2D eigenvalue weighted by Gasteiger charge is 2.24. The molecule has 1 amide bonds. The van der Waals surface area contributed by atoms with Crippen LogP contribution < -0.4 is 0 Å². The van der Waals surface area contributed by atoms with Gasteiger partial charge in [-0.2, -0.15) is 0 Å². The summed E-state index contributed by atoms with van der Waals surface area (Å²) in [6.45, 7) is 5.24. The summed E-state index contributed by atoms with van der Waals surface area (Å²) >= 11 is 1.24. The van der Waals surface area contributed by atoms with E-state index < -0.39 is 11.6 Å². The number of likely N-dealkylation sites (tertiary alicyclic amines) is 1. The molecule has 1 aromatic carbocycles. The summed E-state index contributed by atoms with van der Waals surface area (Å²) in [4.78, 5) is 17.0. The lowest BCUT2D eigenvalue weighted by Gasteiger charge is -2.36. The van der Waals surface area contributed by atoms with Gasteiger partial charge in [0.25, 0.3) is 0 Å². The van der Waals surface area contributed by atoms with Crippen LogP contribution in [0.3, 0.4) is 0 Å². The summed E-state index contributed by atoms with van der Waals surface area (Å²) in [5.41, 5.74) is 0. The van der Waals surface area contributed by atoms with Crippen LogP contribution in [0.25, 0.3) is 0 Å². The summed E-state index contributed by atoms with van der Waals surface area (Å²) < 4.78 is 26.0. The molecule has 0 bridgehead atoms. The van der Waals surface area contributed by atoms with Crippen LogP contribution in [0, 0.1) is 11.6 Å². The van der Waals surface area contributed by atoms with Crippen molar-refractivity contribution < 1.29 is 13.6 Å². The molecule has 2 rings (SSSR count). The maximum Gasteiger partial charge on any atom is 0.232 e. The molecule has 0 unspecified atom stereocenters.